The first kappa shape index (κ1) is 9.52. The second kappa shape index (κ2) is 4.00. The van der Waals surface area contributed by atoms with Gasteiger partial charge in [0.25, 0.3) is 0 Å². The zero-order chi connectivity index (χ0) is 10.7. The van der Waals surface area contributed by atoms with Gasteiger partial charge < -0.3 is 0 Å². The summed E-state index contributed by atoms with van der Waals surface area (Å²) in [6.45, 7) is 2.02. The van der Waals surface area contributed by atoms with Gasteiger partial charge in [-0.1, -0.05) is 29.8 Å². The lowest BCUT2D eigenvalue weighted by molar-refractivity contribution is 0.111. The lowest BCUT2D eigenvalue weighted by Gasteiger charge is -2.03. The molecule has 3 nitrogen and oxygen atoms in total. The molecule has 0 N–H and O–H groups in total. The van der Waals surface area contributed by atoms with Gasteiger partial charge in [0.15, 0.2) is 6.29 Å². The lowest BCUT2D eigenvalue weighted by atomic mass is 10.0. The van der Waals surface area contributed by atoms with Crippen molar-refractivity contribution in [3.05, 3.63) is 47.8 Å². The summed E-state index contributed by atoms with van der Waals surface area (Å²) in [6, 6.07) is 9.74. The average molecular weight is 198 g/mol. The first-order valence-corrected chi connectivity index (χ1v) is 4.65. The summed E-state index contributed by atoms with van der Waals surface area (Å²) < 4.78 is 0. The smallest absolute Gasteiger partial charge is 0.170 e. The molecule has 1 aromatic heterocycles. The summed E-state index contributed by atoms with van der Waals surface area (Å²) in [7, 11) is 0. The predicted octanol–water partition coefficient (Wildman–Crippen LogP) is 2.26. The molecule has 1 heterocycles. The Morgan fingerprint density at radius 3 is 2.53 bits per heavy atom. The molecule has 1 aromatic carbocycles. The maximum Gasteiger partial charge on any atom is 0.170 e. The summed E-state index contributed by atoms with van der Waals surface area (Å²) in [5.74, 6) is 0. The Balaban J connectivity index is 2.53. The molecule has 0 amide bonds. The van der Waals surface area contributed by atoms with E-state index >= 15 is 0 Å². The monoisotopic (exact) mass is 198 g/mol. The van der Waals surface area contributed by atoms with E-state index in [0.717, 1.165) is 17.4 Å². The molecule has 0 radical (unpaired) electrons. The molecule has 0 atom stereocenters. The molecular formula is C12H10N2O. The van der Waals surface area contributed by atoms with E-state index in [0.29, 0.717) is 5.69 Å². The van der Waals surface area contributed by atoms with Gasteiger partial charge in [-0.2, -0.15) is 5.10 Å². The number of nitrogens with zero attached hydrogens (tertiary/aromatic N) is 2. The Hall–Kier alpha value is -2.03. The van der Waals surface area contributed by atoms with E-state index in [9.17, 15) is 4.79 Å². The molecule has 74 valence electrons. The third kappa shape index (κ3) is 1.91. The van der Waals surface area contributed by atoms with Crippen LogP contribution in [0.25, 0.3) is 11.1 Å². The molecule has 0 unspecified atom stereocenters. The first-order valence-electron chi connectivity index (χ1n) is 4.65. The Morgan fingerprint density at radius 1 is 1.13 bits per heavy atom. The van der Waals surface area contributed by atoms with Gasteiger partial charge in [-0.3, -0.25) is 4.79 Å². The van der Waals surface area contributed by atoms with E-state index in [-0.39, 0.29) is 0 Å². The number of hydrogen-bond acceptors (Lipinski definition) is 3. The van der Waals surface area contributed by atoms with Gasteiger partial charge >= 0.3 is 0 Å². The summed E-state index contributed by atoms with van der Waals surface area (Å²) >= 11 is 0. The normalized spacial score (nSPS) is 9.93. The average Bonchev–Trinajstić information content (AvgIpc) is 2.30. The number of rotatable bonds is 2. The third-order valence-corrected chi connectivity index (χ3v) is 2.22. The maximum absolute atomic E-state index is 10.8. The van der Waals surface area contributed by atoms with Crippen LogP contribution in [0.2, 0.25) is 0 Å². The van der Waals surface area contributed by atoms with Crippen LogP contribution in [0.3, 0.4) is 0 Å². The van der Waals surface area contributed by atoms with E-state index in [4.69, 9.17) is 0 Å². The van der Waals surface area contributed by atoms with Crippen molar-refractivity contribution in [3.8, 4) is 11.1 Å². The highest BCUT2D eigenvalue weighted by Gasteiger charge is 2.04. The Kier molecular flexibility index (Phi) is 2.54. The van der Waals surface area contributed by atoms with Gasteiger partial charge in [0.05, 0.1) is 6.20 Å². The summed E-state index contributed by atoms with van der Waals surface area (Å²) in [5, 5.41) is 7.46. The zero-order valence-electron chi connectivity index (χ0n) is 8.34. The maximum atomic E-state index is 10.8. The van der Waals surface area contributed by atoms with Crippen LogP contribution >= 0.6 is 0 Å². The number of carbonyl (C=O) groups is 1. The molecule has 0 aliphatic rings. The fourth-order valence-corrected chi connectivity index (χ4v) is 1.41. The minimum Gasteiger partial charge on any atom is -0.296 e. The van der Waals surface area contributed by atoms with Crippen molar-refractivity contribution in [1.82, 2.24) is 10.2 Å². The van der Waals surface area contributed by atoms with Gasteiger partial charge in [0.2, 0.25) is 0 Å². The van der Waals surface area contributed by atoms with E-state index < -0.39 is 0 Å². The molecule has 0 saturated carbocycles. The number of aldehydes is 1. The van der Waals surface area contributed by atoms with Crippen LogP contribution in [0.1, 0.15) is 16.1 Å². The van der Waals surface area contributed by atoms with Crippen LogP contribution in [0.4, 0.5) is 0 Å². The summed E-state index contributed by atoms with van der Waals surface area (Å²) in [6.07, 6.45) is 2.31. The number of aryl methyl sites for hydroxylation is 1. The molecule has 0 saturated heterocycles. The van der Waals surface area contributed by atoms with Crippen LogP contribution in [0.5, 0.6) is 0 Å². The highest BCUT2D eigenvalue weighted by Crippen LogP contribution is 2.20. The Labute approximate surface area is 87.8 Å². The number of aromatic nitrogens is 2. The van der Waals surface area contributed by atoms with Gasteiger partial charge in [-0.25, -0.2) is 0 Å². The number of carbonyl (C=O) groups excluding carboxylic acids is 1. The molecule has 0 spiro atoms. The molecule has 0 aliphatic heterocycles. The van der Waals surface area contributed by atoms with Crippen molar-refractivity contribution < 1.29 is 4.79 Å². The zero-order valence-corrected chi connectivity index (χ0v) is 8.34. The summed E-state index contributed by atoms with van der Waals surface area (Å²) in [4.78, 5) is 10.8. The highest BCUT2D eigenvalue weighted by molar-refractivity contribution is 5.84. The minimum absolute atomic E-state index is 0.376. The van der Waals surface area contributed by atoms with E-state index in [2.05, 4.69) is 10.2 Å². The third-order valence-electron chi connectivity index (χ3n) is 2.22. The van der Waals surface area contributed by atoms with Crippen LogP contribution < -0.4 is 0 Å². The fraction of sp³-hybridized carbons (Fsp3) is 0.0833. The second-order valence-corrected chi connectivity index (χ2v) is 3.31. The van der Waals surface area contributed by atoms with Crippen LogP contribution in [0, 0.1) is 6.92 Å². The van der Waals surface area contributed by atoms with Crippen molar-refractivity contribution in [1.29, 1.82) is 0 Å². The van der Waals surface area contributed by atoms with Crippen molar-refractivity contribution >= 4 is 6.29 Å². The molecular weight excluding hydrogens is 188 g/mol. The molecule has 0 aliphatic carbocycles. The summed E-state index contributed by atoms with van der Waals surface area (Å²) in [5.41, 5.74) is 3.37. The molecule has 3 heteroatoms. The van der Waals surface area contributed by atoms with Crippen molar-refractivity contribution in [2.45, 2.75) is 6.92 Å². The molecule has 0 bridgehead atoms. The van der Waals surface area contributed by atoms with Gasteiger partial charge in [-0.05, 0) is 18.6 Å². The standard InChI is InChI=1S/C12H10N2O/c1-9-2-4-10(5-3-9)11-6-7-13-14-12(11)8-15/h2-8H,1H3. The fourth-order valence-electron chi connectivity index (χ4n) is 1.41. The number of hydrogen-bond donors (Lipinski definition) is 0. The second-order valence-electron chi connectivity index (χ2n) is 3.31. The van der Waals surface area contributed by atoms with Crippen molar-refractivity contribution in [2.24, 2.45) is 0 Å². The largest absolute Gasteiger partial charge is 0.296 e. The predicted molar refractivity (Wildman–Crippen MR) is 57.6 cm³/mol. The van der Waals surface area contributed by atoms with Gasteiger partial charge in [0, 0.05) is 5.56 Å². The Bertz CT molecular complexity index is 477. The van der Waals surface area contributed by atoms with Gasteiger partial charge in [-0.15, -0.1) is 5.10 Å². The lowest BCUT2D eigenvalue weighted by Crippen LogP contribution is -1.93. The first-order chi connectivity index (χ1) is 7.31. The SMILES string of the molecule is Cc1ccc(-c2ccnnc2C=O)cc1. The van der Waals surface area contributed by atoms with Crippen LogP contribution in [-0.4, -0.2) is 16.5 Å². The van der Waals surface area contributed by atoms with E-state index in [1.54, 1.807) is 12.3 Å². The van der Waals surface area contributed by atoms with Crippen LogP contribution in [-0.2, 0) is 0 Å². The quantitative estimate of drug-likeness (QED) is 0.695. The minimum atomic E-state index is 0.376. The van der Waals surface area contributed by atoms with Crippen molar-refractivity contribution in [3.63, 3.8) is 0 Å². The van der Waals surface area contributed by atoms with Crippen molar-refractivity contribution in [2.75, 3.05) is 0 Å². The van der Waals surface area contributed by atoms with Gasteiger partial charge in [0.1, 0.15) is 5.69 Å². The highest BCUT2D eigenvalue weighted by atomic mass is 16.1. The molecule has 15 heavy (non-hydrogen) atoms. The molecule has 2 aromatic rings. The number of benzene rings is 1. The van der Waals surface area contributed by atoms with E-state index in [1.807, 2.05) is 31.2 Å². The van der Waals surface area contributed by atoms with Crippen LogP contribution in [0.15, 0.2) is 36.5 Å². The molecule has 2 rings (SSSR count). The van der Waals surface area contributed by atoms with E-state index in [1.165, 1.54) is 5.56 Å². The topological polar surface area (TPSA) is 42.9 Å². The Morgan fingerprint density at radius 2 is 1.87 bits per heavy atom. The molecule has 0 fully saturated rings.